The molecule has 0 aliphatic carbocycles. The van der Waals surface area contributed by atoms with Crippen molar-refractivity contribution in [3.05, 3.63) is 23.8 Å². The van der Waals surface area contributed by atoms with E-state index in [-0.39, 0.29) is 18.2 Å². The van der Waals surface area contributed by atoms with Crippen LogP contribution >= 0.6 is 0 Å². The van der Waals surface area contributed by atoms with Crippen LogP contribution in [0.5, 0.6) is 0 Å². The fourth-order valence-electron chi connectivity index (χ4n) is 2.60. The van der Waals surface area contributed by atoms with E-state index in [9.17, 15) is 14.4 Å². The topological polar surface area (TPSA) is 95.5 Å². The number of fused-ring (bicyclic) bond motifs is 1. The van der Waals surface area contributed by atoms with Gasteiger partial charge in [-0.25, -0.2) is 0 Å². The van der Waals surface area contributed by atoms with Gasteiger partial charge in [-0.15, -0.1) is 0 Å². The molecule has 1 aromatic carbocycles. The minimum absolute atomic E-state index is 0.0252. The average Bonchev–Trinajstić information content (AvgIpc) is 2.50. The molecule has 0 aromatic heterocycles. The zero-order chi connectivity index (χ0) is 16.7. The van der Waals surface area contributed by atoms with E-state index in [1.807, 2.05) is 12.1 Å². The summed E-state index contributed by atoms with van der Waals surface area (Å²) < 4.78 is 0. The number of aryl methyl sites for hydroxylation is 1. The normalized spacial score (nSPS) is 13.1. The van der Waals surface area contributed by atoms with Crippen LogP contribution in [0.15, 0.2) is 18.2 Å². The standard InChI is InChI=1S/C17H22N2O4/c20-15(5-3-1-2-4-6-17(22)23)18-13-8-9-14-12(11-13)7-10-16(21)19-14/h8-9,11H,1-7,10H2,(H,18,20)(H,19,21)(H,22,23). The van der Waals surface area contributed by atoms with Crippen LogP contribution in [0.2, 0.25) is 0 Å². The Bertz CT molecular complexity index is 598. The van der Waals surface area contributed by atoms with E-state index < -0.39 is 5.97 Å². The van der Waals surface area contributed by atoms with Gasteiger partial charge in [0.25, 0.3) is 0 Å². The van der Waals surface area contributed by atoms with Gasteiger partial charge in [0, 0.05) is 30.6 Å². The molecular formula is C17H22N2O4. The average molecular weight is 318 g/mol. The highest BCUT2D eigenvalue weighted by molar-refractivity contribution is 5.95. The number of carboxylic acids is 1. The van der Waals surface area contributed by atoms with Gasteiger partial charge in [-0.3, -0.25) is 14.4 Å². The molecule has 23 heavy (non-hydrogen) atoms. The minimum Gasteiger partial charge on any atom is -0.481 e. The molecule has 6 heteroatoms. The zero-order valence-electron chi connectivity index (χ0n) is 13.1. The number of hydrogen-bond acceptors (Lipinski definition) is 3. The summed E-state index contributed by atoms with van der Waals surface area (Å²) in [7, 11) is 0. The van der Waals surface area contributed by atoms with Crippen molar-refractivity contribution >= 4 is 29.2 Å². The lowest BCUT2D eigenvalue weighted by molar-refractivity contribution is -0.137. The Balaban J connectivity index is 1.71. The second-order valence-electron chi connectivity index (χ2n) is 5.78. The number of aliphatic carboxylic acids is 1. The lowest BCUT2D eigenvalue weighted by atomic mass is 10.0. The Morgan fingerprint density at radius 3 is 2.57 bits per heavy atom. The molecule has 1 aliphatic rings. The molecule has 0 fully saturated rings. The van der Waals surface area contributed by atoms with E-state index in [0.717, 1.165) is 36.2 Å². The van der Waals surface area contributed by atoms with E-state index in [1.54, 1.807) is 6.07 Å². The molecule has 0 saturated heterocycles. The number of nitrogens with one attached hydrogen (secondary N) is 2. The number of amides is 2. The van der Waals surface area contributed by atoms with Gasteiger partial charge in [-0.1, -0.05) is 12.8 Å². The highest BCUT2D eigenvalue weighted by Gasteiger charge is 2.15. The predicted octanol–water partition coefficient (Wildman–Crippen LogP) is 2.94. The third-order valence-corrected chi connectivity index (χ3v) is 3.83. The molecule has 2 amide bonds. The van der Waals surface area contributed by atoms with Crippen molar-refractivity contribution in [3.8, 4) is 0 Å². The number of unbranched alkanes of at least 4 members (excludes halogenated alkanes) is 3. The summed E-state index contributed by atoms with van der Waals surface area (Å²) in [5.74, 6) is -0.786. The number of carboxylic acid groups (broad SMARTS) is 1. The van der Waals surface area contributed by atoms with Crippen LogP contribution in [0.4, 0.5) is 11.4 Å². The number of hydrogen-bond donors (Lipinski definition) is 3. The predicted molar refractivity (Wildman–Crippen MR) is 87.4 cm³/mol. The molecule has 0 unspecified atom stereocenters. The Kier molecular flexibility index (Phi) is 6.14. The fraction of sp³-hybridized carbons (Fsp3) is 0.471. The smallest absolute Gasteiger partial charge is 0.303 e. The van der Waals surface area contributed by atoms with Crippen LogP contribution in [0.1, 0.15) is 50.5 Å². The summed E-state index contributed by atoms with van der Waals surface area (Å²) in [5.41, 5.74) is 2.60. The number of benzene rings is 1. The van der Waals surface area contributed by atoms with Crippen LogP contribution in [0.25, 0.3) is 0 Å². The molecule has 124 valence electrons. The Morgan fingerprint density at radius 2 is 1.83 bits per heavy atom. The van der Waals surface area contributed by atoms with Crippen LogP contribution in [-0.4, -0.2) is 22.9 Å². The first kappa shape index (κ1) is 17.0. The first-order valence-corrected chi connectivity index (χ1v) is 7.99. The van der Waals surface area contributed by atoms with Gasteiger partial charge in [0.05, 0.1) is 0 Å². The molecular weight excluding hydrogens is 296 g/mol. The lowest BCUT2D eigenvalue weighted by Gasteiger charge is -2.17. The van der Waals surface area contributed by atoms with E-state index in [4.69, 9.17) is 5.11 Å². The largest absolute Gasteiger partial charge is 0.481 e. The first-order chi connectivity index (χ1) is 11.0. The second kappa shape index (κ2) is 8.31. The van der Waals surface area contributed by atoms with Gasteiger partial charge in [0.2, 0.25) is 11.8 Å². The Labute approximate surface area is 135 Å². The van der Waals surface area contributed by atoms with E-state index >= 15 is 0 Å². The molecule has 3 N–H and O–H groups in total. The number of carbonyl (C=O) groups excluding carboxylic acids is 2. The van der Waals surface area contributed by atoms with Crippen LogP contribution in [0, 0.1) is 0 Å². The molecule has 0 radical (unpaired) electrons. The van der Waals surface area contributed by atoms with Crippen LogP contribution < -0.4 is 10.6 Å². The SMILES string of the molecule is O=C(O)CCCCCCC(=O)Nc1ccc2c(c1)CCC(=O)N2. The summed E-state index contributed by atoms with van der Waals surface area (Å²) in [6.45, 7) is 0. The van der Waals surface area contributed by atoms with Crippen molar-refractivity contribution in [2.24, 2.45) is 0 Å². The Hall–Kier alpha value is -2.37. The Morgan fingerprint density at radius 1 is 1.09 bits per heavy atom. The molecule has 0 saturated carbocycles. The summed E-state index contributed by atoms with van der Waals surface area (Å²) in [5, 5.41) is 14.2. The second-order valence-corrected chi connectivity index (χ2v) is 5.78. The molecule has 6 nitrogen and oxygen atoms in total. The van der Waals surface area contributed by atoms with Crippen molar-refractivity contribution < 1.29 is 19.5 Å². The molecule has 1 aromatic rings. The monoisotopic (exact) mass is 318 g/mol. The van der Waals surface area contributed by atoms with Gasteiger partial charge in [-0.2, -0.15) is 0 Å². The van der Waals surface area contributed by atoms with E-state index in [0.29, 0.717) is 25.7 Å². The number of rotatable bonds is 8. The van der Waals surface area contributed by atoms with Gasteiger partial charge < -0.3 is 15.7 Å². The highest BCUT2D eigenvalue weighted by Crippen LogP contribution is 2.25. The zero-order valence-corrected chi connectivity index (χ0v) is 13.1. The van der Waals surface area contributed by atoms with Crippen molar-refractivity contribution in [2.75, 3.05) is 10.6 Å². The molecule has 1 heterocycles. The van der Waals surface area contributed by atoms with Crippen LogP contribution in [-0.2, 0) is 20.8 Å². The highest BCUT2D eigenvalue weighted by atomic mass is 16.4. The fourth-order valence-corrected chi connectivity index (χ4v) is 2.60. The van der Waals surface area contributed by atoms with Gasteiger partial charge in [-0.05, 0) is 43.0 Å². The maximum Gasteiger partial charge on any atom is 0.303 e. The van der Waals surface area contributed by atoms with Crippen molar-refractivity contribution in [2.45, 2.75) is 51.4 Å². The third-order valence-electron chi connectivity index (χ3n) is 3.83. The lowest BCUT2D eigenvalue weighted by Crippen LogP contribution is -2.19. The maximum absolute atomic E-state index is 11.9. The maximum atomic E-state index is 11.9. The minimum atomic E-state index is -0.772. The molecule has 2 rings (SSSR count). The quantitative estimate of drug-likeness (QED) is 0.642. The van der Waals surface area contributed by atoms with Gasteiger partial charge in [0.15, 0.2) is 0 Å². The molecule has 0 spiro atoms. The van der Waals surface area contributed by atoms with Gasteiger partial charge in [0.1, 0.15) is 0 Å². The van der Waals surface area contributed by atoms with Crippen molar-refractivity contribution in [3.63, 3.8) is 0 Å². The molecule has 0 bridgehead atoms. The third kappa shape index (κ3) is 5.73. The summed E-state index contributed by atoms with van der Waals surface area (Å²) in [6, 6.07) is 5.50. The van der Waals surface area contributed by atoms with E-state index in [1.165, 1.54) is 0 Å². The first-order valence-electron chi connectivity index (χ1n) is 7.99. The van der Waals surface area contributed by atoms with Crippen molar-refractivity contribution in [1.29, 1.82) is 0 Å². The molecule has 1 aliphatic heterocycles. The summed E-state index contributed by atoms with van der Waals surface area (Å²) in [4.78, 5) is 33.6. The van der Waals surface area contributed by atoms with Crippen molar-refractivity contribution in [1.82, 2.24) is 0 Å². The summed E-state index contributed by atoms with van der Waals surface area (Å²) in [6.07, 6.45) is 4.89. The van der Waals surface area contributed by atoms with Crippen LogP contribution in [0.3, 0.4) is 0 Å². The number of anilines is 2. The number of carbonyl (C=O) groups is 3. The molecule has 0 atom stereocenters. The van der Waals surface area contributed by atoms with Gasteiger partial charge >= 0.3 is 5.97 Å². The summed E-state index contributed by atoms with van der Waals surface area (Å²) >= 11 is 0. The van der Waals surface area contributed by atoms with E-state index in [2.05, 4.69) is 10.6 Å².